The number of hydrogen-bond acceptors (Lipinski definition) is 9. The first-order chi connectivity index (χ1) is 27.2. The average Bonchev–Trinajstić information content (AvgIpc) is 3.77. The molecule has 1 aliphatic heterocycles. The quantitative estimate of drug-likeness (QED) is 0.0966. The van der Waals surface area contributed by atoms with Gasteiger partial charge in [-0.2, -0.15) is 4.57 Å². The van der Waals surface area contributed by atoms with Crippen molar-refractivity contribution in [3.8, 4) is 5.75 Å². The first-order valence-corrected chi connectivity index (χ1v) is 18.1. The van der Waals surface area contributed by atoms with Crippen LogP contribution >= 0.6 is 0 Å². The number of pyridine rings is 1. The Bertz CT molecular complexity index is 2630. The van der Waals surface area contributed by atoms with Crippen LogP contribution in [0.1, 0.15) is 55.4 Å². The molecule has 1 aliphatic rings. The van der Waals surface area contributed by atoms with Crippen LogP contribution in [0, 0.1) is 13.8 Å². The largest absolute Gasteiger partial charge is 1.00 e. The Kier molecular flexibility index (Phi) is 11.2. The molecule has 0 unspecified atom stereocenters. The van der Waals surface area contributed by atoms with Gasteiger partial charge in [-0.1, -0.05) is 54.6 Å². The average molecular weight is 830 g/mol. The van der Waals surface area contributed by atoms with Crippen LogP contribution in [-0.4, -0.2) is 53.8 Å². The van der Waals surface area contributed by atoms with E-state index in [1.165, 1.54) is 6.92 Å². The molecular formula is C45H37BrN2O9. The van der Waals surface area contributed by atoms with Crippen LogP contribution in [0.3, 0.4) is 0 Å². The van der Waals surface area contributed by atoms with Crippen LogP contribution in [0.25, 0.3) is 32.6 Å². The molecule has 3 heterocycles. The molecule has 0 aliphatic carbocycles. The molecule has 1 saturated heterocycles. The van der Waals surface area contributed by atoms with Crippen LogP contribution in [0.5, 0.6) is 5.75 Å². The highest BCUT2D eigenvalue weighted by Crippen LogP contribution is 2.38. The predicted octanol–water partition coefficient (Wildman–Crippen LogP) is 4.51. The van der Waals surface area contributed by atoms with Gasteiger partial charge in [0.2, 0.25) is 6.10 Å². The zero-order chi connectivity index (χ0) is 38.9. The van der Waals surface area contributed by atoms with Crippen molar-refractivity contribution in [1.29, 1.82) is 0 Å². The summed E-state index contributed by atoms with van der Waals surface area (Å²) in [5, 5.41) is 3.69. The van der Waals surface area contributed by atoms with Gasteiger partial charge in [0.1, 0.15) is 18.5 Å². The van der Waals surface area contributed by atoms with Crippen molar-refractivity contribution < 1.29 is 64.4 Å². The summed E-state index contributed by atoms with van der Waals surface area (Å²) in [6.45, 7) is 5.10. The van der Waals surface area contributed by atoms with Gasteiger partial charge in [-0.15, -0.1) is 0 Å². The molecule has 8 rings (SSSR count). The van der Waals surface area contributed by atoms with Crippen molar-refractivity contribution in [3.05, 3.63) is 155 Å². The minimum atomic E-state index is -1.19. The van der Waals surface area contributed by atoms with E-state index in [9.17, 15) is 19.2 Å². The summed E-state index contributed by atoms with van der Waals surface area (Å²) in [6, 6.07) is 32.9. The minimum Gasteiger partial charge on any atom is -1.00 e. The van der Waals surface area contributed by atoms with Crippen LogP contribution in [0.4, 0.5) is 0 Å². The van der Waals surface area contributed by atoms with Crippen molar-refractivity contribution in [3.63, 3.8) is 0 Å². The van der Waals surface area contributed by atoms with Crippen molar-refractivity contribution in [2.45, 2.75) is 45.3 Å². The molecule has 1 N–H and O–H groups in total. The van der Waals surface area contributed by atoms with E-state index in [4.69, 9.17) is 23.7 Å². The highest BCUT2D eigenvalue weighted by molar-refractivity contribution is 6.16. The summed E-state index contributed by atoms with van der Waals surface area (Å²) >= 11 is 0. The highest BCUT2D eigenvalue weighted by atomic mass is 79.9. The normalized spacial score (nSPS) is 17.5. The molecule has 2 aromatic heterocycles. The second kappa shape index (κ2) is 16.4. The van der Waals surface area contributed by atoms with E-state index in [-0.39, 0.29) is 29.2 Å². The highest BCUT2D eigenvalue weighted by Gasteiger charge is 2.55. The fraction of sp³-hybridized carbons (Fsp3) is 0.178. The van der Waals surface area contributed by atoms with Gasteiger partial charge < -0.3 is 45.6 Å². The molecule has 4 atom stereocenters. The molecule has 0 radical (unpaired) electrons. The molecule has 0 amide bonds. The van der Waals surface area contributed by atoms with Crippen molar-refractivity contribution in [2.75, 3.05) is 6.61 Å². The second-order valence-corrected chi connectivity index (χ2v) is 13.6. The van der Waals surface area contributed by atoms with Gasteiger partial charge in [-0.05, 0) is 85.0 Å². The van der Waals surface area contributed by atoms with Gasteiger partial charge in [0.25, 0.3) is 0 Å². The van der Waals surface area contributed by atoms with Crippen LogP contribution in [-0.2, 0) is 23.7 Å². The van der Waals surface area contributed by atoms with Crippen LogP contribution in [0.15, 0.2) is 128 Å². The number of aromatic nitrogens is 2. The third-order valence-electron chi connectivity index (χ3n) is 10.0. The van der Waals surface area contributed by atoms with Gasteiger partial charge in [-0.3, -0.25) is 4.79 Å². The Hall–Kier alpha value is -6.37. The van der Waals surface area contributed by atoms with Crippen molar-refractivity contribution in [2.24, 2.45) is 0 Å². The van der Waals surface area contributed by atoms with Gasteiger partial charge in [0, 0.05) is 34.7 Å². The number of rotatable bonds is 9. The van der Waals surface area contributed by atoms with Crippen molar-refractivity contribution >= 4 is 56.5 Å². The summed E-state index contributed by atoms with van der Waals surface area (Å²) in [6.07, 6.45) is -0.682. The maximum Gasteiger partial charge on any atom is 0.338 e. The van der Waals surface area contributed by atoms with E-state index in [0.29, 0.717) is 16.9 Å². The van der Waals surface area contributed by atoms with Crippen LogP contribution < -0.4 is 26.3 Å². The van der Waals surface area contributed by atoms with Crippen molar-refractivity contribution in [1.82, 2.24) is 4.98 Å². The van der Waals surface area contributed by atoms with Gasteiger partial charge in [0.15, 0.2) is 18.5 Å². The summed E-state index contributed by atoms with van der Waals surface area (Å²) in [5.74, 6) is -1.88. The number of esters is 4. The van der Waals surface area contributed by atoms with Crippen LogP contribution in [0.2, 0.25) is 0 Å². The second-order valence-electron chi connectivity index (χ2n) is 13.6. The number of aromatic amines is 1. The standard InChI is InChI=1S/C45H36N2O9.BrH/c1-26-35-24-47(22-21-33(35)27(2)39-38(26)34-23-32(53-28(3)48)19-20-36(34)46-39)42-41(56-45(51)31-17-11-6-12-18-31)40(55-44(50)30-15-9-5-10-16-30)37(54-42)25-52-43(49)29-13-7-4-8-14-29;/h4-24,37,40-42H,25H2,1-3H3;1H/t37-,40+,41-,42-;/m1./s1. The molecule has 288 valence electrons. The monoisotopic (exact) mass is 828 g/mol. The molecule has 5 aromatic carbocycles. The number of hydrogen-bond donors (Lipinski definition) is 1. The number of fused-ring (bicyclic) bond motifs is 4. The number of halogens is 1. The lowest BCUT2D eigenvalue weighted by Gasteiger charge is -2.23. The minimum absolute atomic E-state index is 0. The molecule has 11 nitrogen and oxygen atoms in total. The molecule has 7 aromatic rings. The Morgan fingerprint density at radius 2 is 1.26 bits per heavy atom. The first kappa shape index (κ1) is 38.9. The van der Waals surface area contributed by atoms with E-state index >= 15 is 0 Å². The molecule has 0 bridgehead atoms. The fourth-order valence-electron chi connectivity index (χ4n) is 7.33. The Labute approximate surface area is 337 Å². The maximum absolute atomic E-state index is 13.7. The van der Waals surface area contributed by atoms with Gasteiger partial charge in [0.05, 0.1) is 22.2 Å². The maximum atomic E-state index is 13.7. The zero-order valence-electron chi connectivity index (χ0n) is 31.1. The Balaban J connectivity index is 0.00000496. The Morgan fingerprint density at radius 3 is 1.86 bits per heavy atom. The number of H-pyrrole nitrogens is 1. The summed E-state index contributed by atoms with van der Waals surface area (Å²) < 4.78 is 31.9. The number of carbonyl (C=O) groups is 4. The lowest BCUT2D eigenvalue weighted by Crippen LogP contribution is -3.00. The lowest BCUT2D eigenvalue weighted by molar-refractivity contribution is -0.764. The third-order valence-corrected chi connectivity index (χ3v) is 10.0. The van der Waals surface area contributed by atoms with E-state index in [0.717, 1.165) is 43.7 Å². The molecule has 0 spiro atoms. The first-order valence-electron chi connectivity index (χ1n) is 18.1. The number of carbonyl (C=O) groups excluding carboxylic acids is 4. The summed E-state index contributed by atoms with van der Waals surface area (Å²) in [4.78, 5) is 55.8. The van der Waals surface area contributed by atoms with E-state index in [1.54, 1.807) is 102 Å². The molecule has 0 saturated carbocycles. The third kappa shape index (κ3) is 7.74. The zero-order valence-corrected chi connectivity index (χ0v) is 32.7. The van der Waals surface area contributed by atoms with E-state index < -0.39 is 48.4 Å². The smallest absolute Gasteiger partial charge is 0.338 e. The lowest BCUT2D eigenvalue weighted by atomic mass is 9.97. The Morgan fingerprint density at radius 1 is 0.684 bits per heavy atom. The number of aryl methyl sites for hydroxylation is 2. The number of benzene rings is 5. The van der Waals surface area contributed by atoms with Gasteiger partial charge in [-0.25, -0.2) is 14.4 Å². The number of nitrogens with zero attached hydrogens (tertiary/aromatic N) is 1. The predicted molar refractivity (Wildman–Crippen MR) is 206 cm³/mol. The number of nitrogens with one attached hydrogen (secondary N) is 1. The van der Waals surface area contributed by atoms with Gasteiger partial charge >= 0.3 is 30.1 Å². The molecular weight excluding hydrogens is 792 g/mol. The SMILES string of the molecule is CC(=O)Oc1ccc2[nH]c3c(C)c4cc[n+]([C@@H]5O[C@H](COC(=O)c6ccccc6)[C@H](OC(=O)c6ccccc6)[C@H]5OC(=O)c5ccccc5)cc4c(C)c3c2c1.[Br-]. The van der Waals surface area contributed by atoms with E-state index in [2.05, 4.69) is 4.98 Å². The van der Waals surface area contributed by atoms with E-state index in [1.807, 2.05) is 44.4 Å². The fourth-order valence-corrected chi connectivity index (χ4v) is 7.33. The molecule has 57 heavy (non-hydrogen) atoms. The molecule has 1 fully saturated rings. The molecule has 12 heteroatoms. The topological polar surface area (TPSA) is 134 Å². The summed E-state index contributed by atoms with van der Waals surface area (Å²) in [7, 11) is 0. The number of ether oxygens (including phenoxy) is 5. The summed E-state index contributed by atoms with van der Waals surface area (Å²) in [5.41, 5.74) is 4.69.